The fourth-order valence-corrected chi connectivity index (χ4v) is 0.652. The molecule has 70 valence electrons. The van der Waals surface area contributed by atoms with E-state index >= 15 is 0 Å². The van der Waals surface area contributed by atoms with Crippen molar-refractivity contribution in [3.63, 3.8) is 0 Å². The van der Waals surface area contributed by atoms with Crippen molar-refractivity contribution in [3.8, 4) is 0 Å². The Bertz CT molecular complexity index is 170. The van der Waals surface area contributed by atoms with Crippen molar-refractivity contribution in [2.24, 2.45) is 0 Å². The van der Waals surface area contributed by atoms with Crippen LogP contribution in [0.15, 0.2) is 0 Å². The molecule has 0 aliphatic rings. The first-order valence-corrected chi connectivity index (χ1v) is 3.81. The Kier molecular flexibility index (Phi) is 4.83. The second-order valence-electron chi connectivity index (χ2n) is 2.36. The predicted molar refractivity (Wildman–Crippen MR) is 45.8 cm³/mol. The Morgan fingerprint density at radius 2 is 2.00 bits per heavy atom. The van der Waals surface area contributed by atoms with Gasteiger partial charge >= 0.3 is 6.03 Å². The first-order chi connectivity index (χ1) is 5.61. The van der Waals surface area contributed by atoms with Gasteiger partial charge in [-0.05, 0) is 6.92 Å². The van der Waals surface area contributed by atoms with Gasteiger partial charge in [-0.1, -0.05) is 0 Å². The molecule has 0 aromatic heterocycles. The third-order valence-corrected chi connectivity index (χ3v) is 1.33. The van der Waals surface area contributed by atoms with E-state index in [2.05, 4.69) is 10.6 Å². The molecule has 0 heterocycles. The summed E-state index contributed by atoms with van der Waals surface area (Å²) in [6.07, 6.45) is 0. The van der Waals surface area contributed by atoms with Crippen molar-refractivity contribution in [1.29, 1.82) is 0 Å². The lowest BCUT2D eigenvalue weighted by molar-refractivity contribution is -0.120. The van der Waals surface area contributed by atoms with Gasteiger partial charge in [0.15, 0.2) is 0 Å². The second-order valence-corrected chi connectivity index (χ2v) is 2.36. The molecule has 0 aromatic carbocycles. The Hall–Kier alpha value is -1.26. The molecule has 0 aromatic rings. The zero-order valence-electron chi connectivity index (χ0n) is 7.68. The van der Waals surface area contributed by atoms with Gasteiger partial charge in [0.1, 0.15) is 6.54 Å². The van der Waals surface area contributed by atoms with E-state index in [1.54, 1.807) is 7.05 Å². The highest BCUT2D eigenvalue weighted by molar-refractivity contribution is 5.83. The third kappa shape index (κ3) is 3.80. The van der Waals surface area contributed by atoms with Gasteiger partial charge in [0.25, 0.3) is 0 Å². The minimum atomic E-state index is -0.235. The number of nitrogens with zero attached hydrogens (tertiary/aromatic N) is 1. The molecule has 0 radical (unpaired) electrons. The number of likely N-dealkylation sites (N-methyl/N-ethyl adjacent to an activating group) is 2. The van der Waals surface area contributed by atoms with Crippen LogP contribution >= 0.6 is 0 Å². The van der Waals surface area contributed by atoms with Crippen molar-refractivity contribution >= 4 is 11.9 Å². The lowest BCUT2D eigenvalue weighted by Gasteiger charge is -2.15. The van der Waals surface area contributed by atoms with Crippen molar-refractivity contribution in [2.75, 3.05) is 27.2 Å². The van der Waals surface area contributed by atoms with Crippen molar-refractivity contribution in [3.05, 3.63) is 0 Å². The maximum absolute atomic E-state index is 11.0. The summed E-state index contributed by atoms with van der Waals surface area (Å²) in [5.74, 6) is -0.177. The first kappa shape index (κ1) is 10.7. The Morgan fingerprint density at radius 3 is 2.42 bits per heavy atom. The molecule has 2 N–H and O–H groups in total. The summed E-state index contributed by atoms with van der Waals surface area (Å²) in [7, 11) is 3.11. The summed E-state index contributed by atoms with van der Waals surface area (Å²) in [5.41, 5.74) is 0. The van der Waals surface area contributed by atoms with Gasteiger partial charge in [0, 0.05) is 20.6 Å². The second kappa shape index (κ2) is 5.40. The highest BCUT2D eigenvalue weighted by Crippen LogP contribution is 1.82. The summed E-state index contributed by atoms with van der Waals surface area (Å²) in [6, 6.07) is -0.235. The molecule has 0 unspecified atom stereocenters. The molecule has 0 atom stereocenters. The van der Waals surface area contributed by atoms with E-state index in [4.69, 9.17) is 0 Å². The van der Waals surface area contributed by atoms with E-state index in [1.807, 2.05) is 6.92 Å². The van der Waals surface area contributed by atoms with Crippen LogP contribution in [0.2, 0.25) is 0 Å². The lowest BCUT2D eigenvalue weighted by Crippen LogP contribution is -2.42. The topological polar surface area (TPSA) is 61.4 Å². The predicted octanol–water partition coefficient (Wildman–Crippen LogP) is -0.606. The zero-order chi connectivity index (χ0) is 9.56. The van der Waals surface area contributed by atoms with E-state index < -0.39 is 0 Å². The summed E-state index contributed by atoms with van der Waals surface area (Å²) in [6.45, 7) is 2.48. The van der Waals surface area contributed by atoms with Crippen LogP contribution in [0.3, 0.4) is 0 Å². The maximum Gasteiger partial charge on any atom is 0.317 e. The summed E-state index contributed by atoms with van der Waals surface area (Å²) in [4.78, 5) is 23.1. The monoisotopic (exact) mass is 173 g/mol. The molecule has 5 heteroatoms. The van der Waals surface area contributed by atoms with E-state index in [0.29, 0.717) is 6.54 Å². The quantitative estimate of drug-likeness (QED) is 0.598. The van der Waals surface area contributed by atoms with E-state index in [0.717, 1.165) is 0 Å². The molecule has 5 nitrogen and oxygen atoms in total. The molecule has 0 saturated heterocycles. The average Bonchev–Trinajstić information content (AvgIpc) is 2.04. The minimum Gasteiger partial charge on any atom is -0.358 e. The van der Waals surface area contributed by atoms with Crippen molar-refractivity contribution < 1.29 is 9.59 Å². The highest BCUT2D eigenvalue weighted by Gasteiger charge is 2.09. The fraction of sp³-hybridized carbons (Fsp3) is 0.714. The number of hydrogen-bond donors (Lipinski definition) is 2. The van der Waals surface area contributed by atoms with Gasteiger partial charge in [-0.25, -0.2) is 4.79 Å². The molecular formula is C7H15N3O2. The van der Waals surface area contributed by atoms with Crippen LogP contribution in [0.1, 0.15) is 6.92 Å². The molecule has 0 saturated carbocycles. The van der Waals surface area contributed by atoms with Crippen LogP contribution in [0.25, 0.3) is 0 Å². The van der Waals surface area contributed by atoms with Crippen molar-refractivity contribution in [2.45, 2.75) is 6.92 Å². The van der Waals surface area contributed by atoms with Crippen LogP contribution < -0.4 is 10.6 Å². The third-order valence-electron chi connectivity index (χ3n) is 1.33. The van der Waals surface area contributed by atoms with E-state index in [-0.39, 0.29) is 18.5 Å². The largest absolute Gasteiger partial charge is 0.358 e. The normalized spacial score (nSPS) is 8.92. The smallest absolute Gasteiger partial charge is 0.317 e. The molecule has 12 heavy (non-hydrogen) atoms. The van der Waals surface area contributed by atoms with Crippen molar-refractivity contribution in [1.82, 2.24) is 15.5 Å². The molecule has 0 rings (SSSR count). The molecule has 3 amide bonds. The number of nitrogens with one attached hydrogen (secondary N) is 2. The van der Waals surface area contributed by atoms with Crippen LogP contribution in [-0.4, -0.2) is 44.0 Å². The van der Waals surface area contributed by atoms with E-state index in [1.165, 1.54) is 11.9 Å². The highest BCUT2D eigenvalue weighted by atomic mass is 16.2. The summed E-state index contributed by atoms with van der Waals surface area (Å²) >= 11 is 0. The molecule has 0 aliphatic carbocycles. The number of carbonyl (C=O) groups excluding carboxylic acids is 2. The number of carbonyl (C=O) groups is 2. The number of rotatable bonds is 3. The van der Waals surface area contributed by atoms with Gasteiger partial charge in [-0.3, -0.25) is 4.79 Å². The molecule has 0 aliphatic heterocycles. The minimum absolute atomic E-state index is 0.0856. The molecule has 0 spiro atoms. The summed E-state index contributed by atoms with van der Waals surface area (Å²) in [5, 5.41) is 5.01. The number of amides is 3. The molecular weight excluding hydrogens is 158 g/mol. The van der Waals surface area contributed by atoms with Crippen LogP contribution in [0, 0.1) is 0 Å². The van der Waals surface area contributed by atoms with Crippen LogP contribution in [-0.2, 0) is 4.79 Å². The Morgan fingerprint density at radius 1 is 1.42 bits per heavy atom. The lowest BCUT2D eigenvalue weighted by atomic mass is 10.5. The Balaban J connectivity index is 3.78. The number of urea groups is 1. The van der Waals surface area contributed by atoms with Gasteiger partial charge < -0.3 is 15.5 Å². The fourth-order valence-electron chi connectivity index (χ4n) is 0.652. The van der Waals surface area contributed by atoms with Crippen LogP contribution in [0.4, 0.5) is 4.79 Å². The number of hydrogen-bond acceptors (Lipinski definition) is 2. The average molecular weight is 173 g/mol. The Labute approximate surface area is 72.1 Å². The molecule has 0 bridgehead atoms. The standard InChI is InChI=1S/C7H15N3O2/c1-4-9-7(12)10(3)5-6(11)8-2/h4-5H2,1-3H3,(H,8,11)(H,9,12). The van der Waals surface area contributed by atoms with Gasteiger partial charge in [-0.15, -0.1) is 0 Å². The van der Waals surface area contributed by atoms with Gasteiger partial charge in [-0.2, -0.15) is 0 Å². The molecule has 0 fully saturated rings. The first-order valence-electron chi connectivity index (χ1n) is 3.81. The van der Waals surface area contributed by atoms with E-state index in [9.17, 15) is 9.59 Å². The van der Waals surface area contributed by atoms with Gasteiger partial charge in [0.2, 0.25) is 5.91 Å². The van der Waals surface area contributed by atoms with Gasteiger partial charge in [0.05, 0.1) is 0 Å². The maximum atomic E-state index is 11.0. The zero-order valence-corrected chi connectivity index (χ0v) is 7.68. The van der Waals surface area contributed by atoms with Crippen LogP contribution in [0.5, 0.6) is 0 Å². The SMILES string of the molecule is CCNC(=O)N(C)CC(=O)NC. The summed E-state index contributed by atoms with van der Waals surface area (Å²) < 4.78 is 0.